The SMILES string of the molecule is Cc1ccc2ccc(S(=O)(=O)N[C@@H](CCCNC(=N)N)C(=O)N3CCC(C)CC3C(=O)O)cc2c1. The number of carbonyl (C=O) groups is 2. The fourth-order valence-corrected chi connectivity index (χ4v) is 5.63. The number of aryl methyl sites for hydroxylation is 1. The number of piperidine rings is 1. The Morgan fingerprint density at radius 1 is 1.23 bits per heavy atom. The van der Waals surface area contributed by atoms with E-state index in [0.717, 1.165) is 16.3 Å². The highest BCUT2D eigenvalue weighted by atomic mass is 32.2. The van der Waals surface area contributed by atoms with Gasteiger partial charge in [-0.1, -0.05) is 36.8 Å². The number of hydrogen-bond donors (Lipinski definition) is 5. The molecule has 3 rings (SSSR count). The lowest BCUT2D eigenvalue weighted by atomic mass is 9.91. The largest absolute Gasteiger partial charge is 0.480 e. The average molecular weight is 504 g/mol. The smallest absolute Gasteiger partial charge is 0.326 e. The van der Waals surface area contributed by atoms with E-state index in [4.69, 9.17) is 11.1 Å². The van der Waals surface area contributed by atoms with Gasteiger partial charge in [-0.25, -0.2) is 13.2 Å². The van der Waals surface area contributed by atoms with Crippen molar-refractivity contribution in [2.24, 2.45) is 11.7 Å². The molecule has 1 fully saturated rings. The van der Waals surface area contributed by atoms with Crippen molar-refractivity contribution in [1.29, 1.82) is 5.41 Å². The van der Waals surface area contributed by atoms with Crippen LogP contribution in [0.1, 0.15) is 38.2 Å². The first-order chi connectivity index (χ1) is 16.5. The third-order valence-electron chi connectivity index (χ3n) is 6.29. The van der Waals surface area contributed by atoms with Gasteiger partial charge < -0.3 is 21.1 Å². The van der Waals surface area contributed by atoms with Crippen molar-refractivity contribution < 1.29 is 23.1 Å². The fourth-order valence-electron chi connectivity index (χ4n) is 4.37. The molecule has 3 atom stereocenters. The number of likely N-dealkylation sites (tertiary alicyclic amines) is 1. The fraction of sp³-hybridized carbons (Fsp3) is 0.458. The van der Waals surface area contributed by atoms with Crippen molar-refractivity contribution in [3.05, 3.63) is 42.0 Å². The summed E-state index contributed by atoms with van der Waals surface area (Å²) in [6, 6.07) is 8.34. The Bertz CT molecular complexity index is 1220. The number of aliphatic carboxylic acids is 1. The van der Waals surface area contributed by atoms with Crippen LogP contribution >= 0.6 is 0 Å². The Morgan fingerprint density at radius 2 is 1.94 bits per heavy atom. The van der Waals surface area contributed by atoms with E-state index in [-0.39, 0.29) is 36.3 Å². The maximum Gasteiger partial charge on any atom is 0.326 e. The molecule has 1 heterocycles. The van der Waals surface area contributed by atoms with Gasteiger partial charge in [0.15, 0.2) is 5.96 Å². The summed E-state index contributed by atoms with van der Waals surface area (Å²) in [5.74, 6) is -1.74. The zero-order valence-corrected chi connectivity index (χ0v) is 20.8. The standard InChI is InChI=1S/C24H33N5O5S/c1-15-5-6-17-7-8-19(14-18(17)12-15)35(33,34)28-20(4-3-10-27-24(25)26)22(30)29-11-9-16(2)13-21(29)23(31)32/h5-8,12,14,16,20-21,28H,3-4,9-11,13H2,1-2H3,(H,31,32)(H4,25,26,27)/t16?,20-,21?/m0/s1. The van der Waals surface area contributed by atoms with Gasteiger partial charge in [0.25, 0.3) is 0 Å². The van der Waals surface area contributed by atoms with Gasteiger partial charge >= 0.3 is 5.97 Å². The highest BCUT2D eigenvalue weighted by Gasteiger charge is 2.38. The molecular weight excluding hydrogens is 470 g/mol. The number of carboxylic acids is 1. The number of carboxylic acid groups (broad SMARTS) is 1. The van der Waals surface area contributed by atoms with Crippen molar-refractivity contribution in [2.75, 3.05) is 13.1 Å². The second-order valence-corrected chi connectivity index (χ2v) is 10.9. The average Bonchev–Trinajstić information content (AvgIpc) is 2.79. The maximum absolute atomic E-state index is 13.5. The summed E-state index contributed by atoms with van der Waals surface area (Å²) in [6.07, 6.45) is 1.42. The van der Waals surface area contributed by atoms with Crippen LogP contribution in [0.3, 0.4) is 0 Å². The second-order valence-electron chi connectivity index (χ2n) is 9.18. The number of nitrogens with one attached hydrogen (secondary N) is 3. The molecule has 10 nitrogen and oxygen atoms in total. The van der Waals surface area contributed by atoms with E-state index in [0.29, 0.717) is 19.3 Å². The molecule has 1 aliphatic heterocycles. The van der Waals surface area contributed by atoms with Crippen LogP contribution in [-0.2, 0) is 19.6 Å². The molecular formula is C24H33N5O5S. The van der Waals surface area contributed by atoms with Crippen LogP contribution in [0, 0.1) is 18.3 Å². The van der Waals surface area contributed by atoms with Crippen LogP contribution in [0.2, 0.25) is 0 Å². The van der Waals surface area contributed by atoms with E-state index in [9.17, 15) is 23.1 Å². The molecule has 0 saturated carbocycles. The second kappa shape index (κ2) is 11.0. The molecule has 0 bridgehead atoms. The van der Waals surface area contributed by atoms with Crippen LogP contribution in [0.25, 0.3) is 10.8 Å². The summed E-state index contributed by atoms with van der Waals surface area (Å²) in [7, 11) is -4.08. The number of nitrogens with two attached hydrogens (primary N) is 1. The Kier molecular flexibility index (Phi) is 8.34. The Morgan fingerprint density at radius 3 is 2.63 bits per heavy atom. The normalized spacial score (nSPS) is 19.3. The first-order valence-corrected chi connectivity index (χ1v) is 13.1. The summed E-state index contributed by atoms with van der Waals surface area (Å²) in [6.45, 7) is 4.37. The van der Waals surface area contributed by atoms with Crippen LogP contribution in [0.4, 0.5) is 0 Å². The highest BCUT2D eigenvalue weighted by molar-refractivity contribution is 7.89. The third-order valence-corrected chi connectivity index (χ3v) is 7.76. The first-order valence-electron chi connectivity index (χ1n) is 11.6. The molecule has 1 aliphatic rings. The number of fused-ring (bicyclic) bond motifs is 1. The highest BCUT2D eigenvalue weighted by Crippen LogP contribution is 2.25. The third kappa shape index (κ3) is 6.70. The van der Waals surface area contributed by atoms with E-state index in [2.05, 4.69) is 10.0 Å². The molecule has 0 spiro atoms. The minimum atomic E-state index is -4.08. The number of carbonyl (C=O) groups excluding carboxylic acids is 1. The molecule has 6 N–H and O–H groups in total. The molecule has 11 heteroatoms. The molecule has 35 heavy (non-hydrogen) atoms. The molecule has 0 aromatic heterocycles. The number of nitrogens with zero attached hydrogens (tertiary/aromatic N) is 1. The van der Waals surface area contributed by atoms with Crippen molar-refractivity contribution in [3.8, 4) is 0 Å². The number of amides is 1. The van der Waals surface area contributed by atoms with Crippen molar-refractivity contribution in [3.63, 3.8) is 0 Å². The van der Waals surface area contributed by atoms with Gasteiger partial charge in [0.1, 0.15) is 12.1 Å². The van der Waals surface area contributed by atoms with Crippen LogP contribution in [-0.4, -0.2) is 61.4 Å². The van der Waals surface area contributed by atoms with Crippen LogP contribution in [0.15, 0.2) is 41.3 Å². The van der Waals surface area contributed by atoms with Crippen molar-refractivity contribution in [2.45, 2.75) is 56.5 Å². The molecule has 2 aromatic carbocycles. The van der Waals surface area contributed by atoms with Gasteiger partial charge in [0.2, 0.25) is 15.9 Å². The van der Waals surface area contributed by atoms with E-state index in [1.165, 1.54) is 11.0 Å². The molecule has 2 aromatic rings. The Hall–Kier alpha value is -3.18. The van der Waals surface area contributed by atoms with Crippen molar-refractivity contribution >= 4 is 38.6 Å². The quantitative estimate of drug-likeness (QED) is 0.197. The lowest BCUT2D eigenvalue weighted by Crippen LogP contribution is -2.56. The summed E-state index contributed by atoms with van der Waals surface area (Å²) in [5, 5.41) is 21.2. The Labute approximate surface area is 205 Å². The van der Waals surface area contributed by atoms with E-state index in [1.54, 1.807) is 12.1 Å². The Balaban J connectivity index is 1.87. The number of sulfonamides is 1. The van der Waals surface area contributed by atoms with Gasteiger partial charge in [-0.15, -0.1) is 0 Å². The van der Waals surface area contributed by atoms with E-state index >= 15 is 0 Å². The number of guanidine groups is 1. The number of rotatable bonds is 9. The monoisotopic (exact) mass is 503 g/mol. The van der Waals surface area contributed by atoms with E-state index < -0.39 is 34.0 Å². The molecule has 0 aliphatic carbocycles. The molecule has 2 unspecified atom stereocenters. The number of hydrogen-bond acceptors (Lipinski definition) is 5. The minimum absolute atomic E-state index is 0.0253. The van der Waals surface area contributed by atoms with Gasteiger partial charge in [-0.05, 0) is 61.4 Å². The summed E-state index contributed by atoms with van der Waals surface area (Å²) >= 11 is 0. The van der Waals surface area contributed by atoms with Crippen LogP contribution in [0.5, 0.6) is 0 Å². The minimum Gasteiger partial charge on any atom is -0.480 e. The summed E-state index contributed by atoms with van der Waals surface area (Å²) in [4.78, 5) is 26.6. The van der Waals surface area contributed by atoms with Gasteiger partial charge in [0, 0.05) is 13.1 Å². The molecule has 190 valence electrons. The molecule has 1 saturated heterocycles. The van der Waals surface area contributed by atoms with Crippen molar-refractivity contribution in [1.82, 2.24) is 14.9 Å². The lowest BCUT2D eigenvalue weighted by Gasteiger charge is -2.38. The van der Waals surface area contributed by atoms with Crippen LogP contribution < -0.4 is 15.8 Å². The van der Waals surface area contributed by atoms with Gasteiger partial charge in [0.05, 0.1) is 4.90 Å². The zero-order valence-electron chi connectivity index (χ0n) is 20.0. The maximum atomic E-state index is 13.5. The topological polar surface area (TPSA) is 166 Å². The molecule has 1 amide bonds. The summed E-state index contributed by atoms with van der Waals surface area (Å²) < 4.78 is 29.1. The predicted molar refractivity (Wildman–Crippen MR) is 133 cm³/mol. The summed E-state index contributed by atoms with van der Waals surface area (Å²) in [5.41, 5.74) is 6.30. The zero-order chi connectivity index (χ0) is 25.8. The first kappa shape index (κ1) is 26.4. The lowest BCUT2D eigenvalue weighted by molar-refractivity contribution is -0.153. The predicted octanol–water partition coefficient (Wildman–Crippen LogP) is 1.77. The van der Waals surface area contributed by atoms with Gasteiger partial charge in [-0.2, -0.15) is 4.72 Å². The number of benzene rings is 2. The van der Waals surface area contributed by atoms with Gasteiger partial charge in [-0.3, -0.25) is 10.2 Å². The van der Waals surface area contributed by atoms with E-state index in [1.807, 2.05) is 32.0 Å². The molecule has 0 radical (unpaired) electrons.